The molecule has 1 amide bonds. The number of aryl methyl sites for hydroxylation is 1. The average molecular weight is 398 g/mol. The summed E-state index contributed by atoms with van der Waals surface area (Å²) in [6.07, 6.45) is -2.66. The summed E-state index contributed by atoms with van der Waals surface area (Å²) in [7, 11) is 0. The number of nitrogens with one attached hydrogen (secondary N) is 1. The molecule has 10 heteroatoms. The van der Waals surface area contributed by atoms with Crippen LogP contribution in [0.25, 0.3) is 5.65 Å². The Hall–Kier alpha value is -2.39. The lowest BCUT2D eigenvalue weighted by molar-refractivity contribution is -0.146. The lowest BCUT2D eigenvalue weighted by Crippen LogP contribution is -2.43. The summed E-state index contributed by atoms with van der Waals surface area (Å²) >= 11 is 0. The van der Waals surface area contributed by atoms with Crippen LogP contribution in [0.3, 0.4) is 0 Å². The van der Waals surface area contributed by atoms with E-state index in [1.54, 1.807) is 13.8 Å². The number of hydrogen-bond acceptors (Lipinski definition) is 5. The summed E-state index contributed by atoms with van der Waals surface area (Å²) in [5.41, 5.74) is 1.45. The summed E-state index contributed by atoms with van der Waals surface area (Å²) in [6, 6.07) is 0.0389. The summed E-state index contributed by atoms with van der Waals surface area (Å²) < 4.78 is 40.2. The van der Waals surface area contributed by atoms with E-state index in [-0.39, 0.29) is 17.6 Å². The molecule has 1 aliphatic heterocycles. The molecule has 3 rings (SSSR count). The first-order valence-corrected chi connectivity index (χ1v) is 9.42. The van der Waals surface area contributed by atoms with Gasteiger partial charge in [0, 0.05) is 31.1 Å². The zero-order valence-corrected chi connectivity index (χ0v) is 16.5. The lowest BCUT2D eigenvalue weighted by atomic mass is 10.0. The lowest BCUT2D eigenvalue weighted by Gasteiger charge is -2.33. The monoisotopic (exact) mass is 398 g/mol. The van der Waals surface area contributed by atoms with Crippen molar-refractivity contribution in [2.75, 3.05) is 18.4 Å². The van der Waals surface area contributed by atoms with Gasteiger partial charge < -0.3 is 10.2 Å². The van der Waals surface area contributed by atoms with Gasteiger partial charge in [-0.2, -0.15) is 17.7 Å². The van der Waals surface area contributed by atoms with E-state index in [0.717, 1.165) is 22.9 Å². The topological polar surface area (TPSA) is 75.4 Å². The summed E-state index contributed by atoms with van der Waals surface area (Å²) in [5, 5.41) is 14.3. The third-order valence-corrected chi connectivity index (χ3v) is 5.12. The summed E-state index contributed by atoms with van der Waals surface area (Å²) in [5.74, 6) is -0.277. The Kier molecular flexibility index (Phi) is 5.49. The van der Waals surface area contributed by atoms with Gasteiger partial charge in [0.2, 0.25) is 5.91 Å². The minimum Gasteiger partial charge on any atom is -0.366 e. The number of halogens is 3. The molecule has 28 heavy (non-hydrogen) atoms. The molecule has 0 radical (unpaired) electrons. The van der Waals surface area contributed by atoms with Crippen molar-refractivity contribution in [2.24, 2.45) is 5.92 Å². The van der Waals surface area contributed by atoms with Crippen molar-refractivity contribution in [3.05, 3.63) is 17.0 Å². The van der Waals surface area contributed by atoms with Crippen molar-refractivity contribution in [3.8, 4) is 0 Å². The second kappa shape index (κ2) is 7.56. The molecule has 0 spiro atoms. The van der Waals surface area contributed by atoms with E-state index >= 15 is 0 Å². The first-order chi connectivity index (χ1) is 13.1. The predicted molar refractivity (Wildman–Crippen MR) is 97.9 cm³/mol. The van der Waals surface area contributed by atoms with Crippen LogP contribution < -0.4 is 5.32 Å². The van der Waals surface area contributed by atoms with E-state index in [0.29, 0.717) is 36.8 Å². The SMILES string of the molecule is Cc1c(NC2CCN(C(=O)CC(C)C)CC2)nn2c(C(F)(F)F)nnc2c1C. The largest absolute Gasteiger partial charge is 0.453 e. The molecule has 2 aromatic heterocycles. The average Bonchev–Trinajstić information content (AvgIpc) is 3.03. The Bertz CT molecular complexity index is 868. The molecule has 0 saturated carbocycles. The molecule has 1 saturated heterocycles. The van der Waals surface area contributed by atoms with Gasteiger partial charge in [0.1, 0.15) is 0 Å². The fourth-order valence-electron chi connectivity index (χ4n) is 3.39. The molecule has 154 valence electrons. The van der Waals surface area contributed by atoms with Crippen molar-refractivity contribution in [1.29, 1.82) is 0 Å². The van der Waals surface area contributed by atoms with E-state index in [9.17, 15) is 18.0 Å². The van der Waals surface area contributed by atoms with Gasteiger partial charge in [0.05, 0.1) is 0 Å². The zero-order chi connectivity index (χ0) is 20.6. The highest BCUT2D eigenvalue weighted by molar-refractivity contribution is 5.76. The van der Waals surface area contributed by atoms with E-state index in [1.165, 1.54) is 0 Å². The van der Waals surface area contributed by atoms with E-state index in [2.05, 4.69) is 20.6 Å². The molecule has 0 bridgehead atoms. The molecule has 2 aromatic rings. The highest BCUT2D eigenvalue weighted by Crippen LogP contribution is 2.30. The van der Waals surface area contributed by atoms with Crippen LogP contribution >= 0.6 is 0 Å². The Morgan fingerprint density at radius 1 is 1.18 bits per heavy atom. The second-order valence-electron chi connectivity index (χ2n) is 7.75. The van der Waals surface area contributed by atoms with E-state index in [4.69, 9.17) is 0 Å². The highest BCUT2D eigenvalue weighted by atomic mass is 19.4. The Morgan fingerprint density at radius 3 is 2.39 bits per heavy atom. The molecule has 0 unspecified atom stereocenters. The third-order valence-electron chi connectivity index (χ3n) is 5.12. The van der Waals surface area contributed by atoms with Gasteiger partial charge in [-0.1, -0.05) is 13.8 Å². The van der Waals surface area contributed by atoms with Crippen molar-refractivity contribution in [3.63, 3.8) is 0 Å². The fraction of sp³-hybridized carbons (Fsp3) is 0.667. The minimum atomic E-state index is -4.63. The molecule has 3 heterocycles. The van der Waals surface area contributed by atoms with Crippen LogP contribution in [0.2, 0.25) is 0 Å². The third kappa shape index (κ3) is 4.05. The second-order valence-corrected chi connectivity index (χ2v) is 7.75. The number of piperidine rings is 1. The normalized spacial score (nSPS) is 16.2. The van der Waals surface area contributed by atoms with Crippen molar-refractivity contribution in [2.45, 2.75) is 59.2 Å². The molecule has 1 aliphatic rings. The number of aromatic nitrogens is 4. The van der Waals surface area contributed by atoms with Crippen LogP contribution in [-0.4, -0.2) is 49.7 Å². The van der Waals surface area contributed by atoms with E-state index in [1.807, 2.05) is 18.7 Å². The fourth-order valence-corrected chi connectivity index (χ4v) is 3.39. The van der Waals surface area contributed by atoms with E-state index < -0.39 is 12.0 Å². The van der Waals surface area contributed by atoms with Gasteiger partial charge in [-0.25, -0.2) is 0 Å². The standard InChI is InChI=1S/C18H25F3N6O/c1-10(2)9-14(28)26-7-5-13(6-8-26)22-15-11(3)12(4)16-23-24-17(18(19,20)21)27(16)25-15/h10,13H,5-9H2,1-4H3,(H,22,25). The van der Waals surface area contributed by atoms with Gasteiger partial charge in [-0.15, -0.1) is 15.3 Å². The molecule has 0 aromatic carbocycles. The first-order valence-electron chi connectivity index (χ1n) is 9.42. The number of amides is 1. The molecule has 7 nitrogen and oxygen atoms in total. The predicted octanol–water partition coefficient (Wildman–Crippen LogP) is 3.21. The Morgan fingerprint density at radius 2 is 1.82 bits per heavy atom. The first kappa shape index (κ1) is 20.3. The van der Waals surface area contributed by atoms with Crippen LogP contribution in [0.1, 0.15) is 50.1 Å². The van der Waals surface area contributed by atoms with Gasteiger partial charge in [-0.05, 0) is 38.2 Å². The molecule has 0 aliphatic carbocycles. The zero-order valence-electron chi connectivity index (χ0n) is 16.5. The van der Waals surface area contributed by atoms with Crippen molar-refractivity contribution in [1.82, 2.24) is 24.7 Å². The van der Waals surface area contributed by atoms with Crippen LogP contribution in [0.4, 0.5) is 19.0 Å². The maximum atomic E-state index is 13.2. The number of carbonyl (C=O) groups excluding carboxylic acids is 1. The van der Waals surface area contributed by atoms with Gasteiger partial charge in [0.15, 0.2) is 11.5 Å². The maximum absolute atomic E-state index is 13.2. The van der Waals surface area contributed by atoms with Gasteiger partial charge >= 0.3 is 6.18 Å². The summed E-state index contributed by atoms with van der Waals surface area (Å²) in [6.45, 7) is 8.79. The number of nitrogens with zero attached hydrogens (tertiary/aromatic N) is 5. The Balaban J connectivity index is 1.76. The maximum Gasteiger partial charge on any atom is 0.453 e. The molecule has 1 fully saturated rings. The number of fused-ring (bicyclic) bond motifs is 1. The molecular weight excluding hydrogens is 373 g/mol. The quantitative estimate of drug-likeness (QED) is 0.856. The molecule has 1 N–H and O–H groups in total. The number of alkyl halides is 3. The number of likely N-dealkylation sites (tertiary alicyclic amines) is 1. The minimum absolute atomic E-state index is 0.0389. The smallest absolute Gasteiger partial charge is 0.366 e. The summed E-state index contributed by atoms with van der Waals surface area (Å²) in [4.78, 5) is 14.0. The highest BCUT2D eigenvalue weighted by Gasteiger charge is 2.38. The van der Waals surface area contributed by atoms with Gasteiger partial charge in [-0.3, -0.25) is 4.79 Å². The Labute approximate surface area is 161 Å². The van der Waals surface area contributed by atoms with Crippen LogP contribution in [0.15, 0.2) is 0 Å². The number of hydrogen-bond donors (Lipinski definition) is 1. The van der Waals surface area contributed by atoms with Crippen LogP contribution in [0.5, 0.6) is 0 Å². The van der Waals surface area contributed by atoms with Crippen LogP contribution in [0, 0.1) is 19.8 Å². The van der Waals surface area contributed by atoms with Crippen LogP contribution in [-0.2, 0) is 11.0 Å². The van der Waals surface area contributed by atoms with Crippen molar-refractivity contribution < 1.29 is 18.0 Å². The number of rotatable bonds is 4. The number of anilines is 1. The molecular formula is C18H25F3N6O. The van der Waals surface area contributed by atoms with Gasteiger partial charge in [0.25, 0.3) is 5.82 Å². The van der Waals surface area contributed by atoms with Crippen molar-refractivity contribution >= 4 is 17.4 Å². The number of carbonyl (C=O) groups is 1. The molecule has 0 atom stereocenters.